The van der Waals surface area contributed by atoms with Gasteiger partial charge in [-0.3, -0.25) is 0 Å². The van der Waals surface area contributed by atoms with Crippen LogP contribution in [0, 0.1) is 0 Å². The summed E-state index contributed by atoms with van der Waals surface area (Å²) >= 11 is 0. The Morgan fingerprint density at radius 2 is 0.691 bits per heavy atom. The van der Waals surface area contributed by atoms with E-state index in [9.17, 15) is 0 Å². The number of aromatic nitrogens is 3. The lowest BCUT2D eigenvalue weighted by Gasteiger charge is -2.18. The number of fused-ring (bicyclic) bond motifs is 6. The summed E-state index contributed by atoms with van der Waals surface area (Å²) in [6.45, 7) is 0. The Morgan fingerprint density at radius 3 is 1.53 bits per heavy atom. The second kappa shape index (κ2) is 16.4. The molecule has 316 valence electrons. The molecule has 0 aliphatic carbocycles. The van der Waals surface area contributed by atoms with Crippen LogP contribution in [0.15, 0.2) is 249 Å². The van der Waals surface area contributed by atoms with Gasteiger partial charge in [-0.25, -0.2) is 15.0 Å². The molecule has 0 fully saturated rings. The van der Waals surface area contributed by atoms with Crippen molar-refractivity contribution in [3.8, 4) is 78.7 Å². The number of nitrogens with zero attached hydrogens (tertiary/aromatic N) is 3. The summed E-state index contributed by atoms with van der Waals surface area (Å²) in [5.41, 5.74) is 12.0. The van der Waals surface area contributed by atoms with Gasteiger partial charge in [-0.05, 0) is 117 Å². The normalized spacial score (nSPS) is 11.5. The Balaban J connectivity index is 0.997. The van der Waals surface area contributed by atoms with Crippen molar-refractivity contribution in [1.29, 1.82) is 0 Å². The van der Waals surface area contributed by atoms with Gasteiger partial charge >= 0.3 is 0 Å². The summed E-state index contributed by atoms with van der Waals surface area (Å²) in [4.78, 5) is 16.4. The highest BCUT2D eigenvalue weighted by atomic mass is 15.0. The molecule has 1 aromatic heterocycles. The third-order valence-corrected chi connectivity index (χ3v) is 13.5. The van der Waals surface area contributed by atoms with Crippen LogP contribution >= 0.6 is 0 Å². The highest BCUT2D eigenvalue weighted by Crippen LogP contribution is 2.43. The Hall–Kier alpha value is -9.05. The lowest BCUT2D eigenvalue weighted by Crippen LogP contribution is -2.02. The topological polar surface area (TPSA) is 38.7 Å². The minimum absolute atomic E-state index is 0.611. The lowest BCUT2D eigenvalue weighted by molar-refractivity contribution is 1.08. The minimum atomic E-state index is 0.611. The molecule has 0 radical (unpaired) electrons. The molecule has 13 rings (SSSR count). The van der Waals surface area contributed by atoms with Crippen LogP contribution in [0.1, 0.15) is 0 Å². The molecule has 0 N–H and O–H groups in total. The number of hydrogen-bond acceptors (Lipinski definition) is 3. The molecule has 0 spiro atoms. The van der Waals surface area contributed by atoms with Crippen LogP contribution in [0.3, 0.4) is 0 Å². The molecule has 0 aliphatic heterocycles. The van der Waals surface area contributed by atoms with E-state index in [2.05, 4.69) is 249 Å². The van der Waals surface area contributed by atoms with E-state index in [1.165, 1.54) is 43.4 Å². The Morgan fingerprint density at radius 1 is 0.191 bits per heavy atom. The molecule has 0 atom stereocenters. The van der Waals surface area contributed by atoms with Crippen molar-refractivity contribution in [2.45, 2.75) is 0 Å². The second-order valence-corrected chi connectivity index (χ2v) is 17.5. The predicted octanol–water partition coefficient (Wildman–Crippen LogP) is 17.3. The first-order valence-corrected chi connectivity index (χ1v) is 23.2. The zero-order valence-electron chi connectivity index (χ0n) is 37.0. The van der Waals surface area contributed by atoms with Gasteiger partial charge in [0.05, 0.1) is 0 Å². The van der Waals surface area contributed by atoms with Crippen molar-refractivity contribution in [2.75, 3.05) is 0 Å². The smallest absolute Gasteiger partial charge is 0.165 e. The molecule has 0 bridgehead atoms. The number of rotatable bonds is 7. The maximum absolute atomic E-state index is 5.51. The first kappa shape index (κ1) is 39.3. The zero-order valence-corrected chi connectivity index (χ0v) is 37.0. The highest BCUT2D eigenvalue weighted by molar-refractivity contribution is 6.12. The van der Waals surface area contributed by atoms with Gasteiger partial charge in [0.1, 0.15) is 0 Å². The number of hydrogen-bond donors (Lipinski definition) is 0. The van der Waals surface area contributed by atoms with Gasteiger partial charge in [-0.15, -0.1) is 0 Å². The third-order valence-electron chi connectivity index (χ3n) is 13.5. The third kappa shape index (κ3) is 6.88. The quantitative estimate of drug-likeness (QED) is 0.150. The van der Waals surface area contributed by atoms with Gasteiger partial charge < -0.3 is 0 Å². The van der Waals surface area contributed by atoms with E-state index in [1.807, 2.05) is 0 Å². The minimum Gasteiger partial charge on any atom is -0.208 e. The largest absolute Gasteiger partial charge is 0.208 e. The van der Waals surface area contributed by atoms with Crippen molar-refractivity contribution >= 4 is 53.9 Å². The van der Waals surface area contributed by atoms with E-state index in [0.29, 0.717) is 17.5 Å². The first-order chi connectivity index (χ1) is 33.7. The van der Waals surface area contributed by atoms with Crippen LogP contribution < -0.4 is 0 Å². The Kier molecular flexibility index (Phi) is 9.50. The molecule has 12 aromatic carbocycles. The summed E-state index contributed by atoms with van der Waals surface area (Å²) in [6.07, 6.45) is 0. The standard InChI is InChI=1S/C65H41N3/c1-2-15-42(16-3-1)53-25-10-11-27-58(53)60-38-36-45-19-6-9-26-56(45)62(60)65-67-63(66-64(68-65)61-30-14-29-57-54-24-8-5-18-44(54)35-37-59(57)61)51-22-12-21-46(41-51)47-31-32-49-40-50(34-33-48(49)39-47)55-28-13-20-43-17-4-7-23-52(43)55/h1-41H. The zero-order chi connectivity index (χ0) is 45.0. The van der Waals surface area contributed by atoms with Gasteiger partial charge in [0.25, 0.3) is 0 Å². The molecule has 1 heterocycles. The summed E-state index contributed by atoms with van der Waals surface area (Å²) in [7, 11) is 0. The van der Waals surface area contributed by atoms with Gasteiger partial charge in [0.15, 0.2) is 17.5 Å². The van der Waals surface area contributed by atoms with Gasteiger partial charge in [-0.1, -0.05) is 231 Å². The lowest BCUT2D eigenvalue weighted by atomic mass is 9.89. The average molecular weight is 864 g/mol. The van der Waals surface area contributed by atoms with Crippen LogP contribution in [0.5, 0.6) is 0 Å². The van der Waals surface area contributed by atoms with Crippen LogP contribution in [0.2, 0.25) is 0 Å². The molecule has 0 aliphatic rings. The predicted molar refractivity (Wildman–Crippen MR) is 285 cm³/mol. The van der Waals surface area contributed by atoms with Gasteiger partial charge in [-0.2, -0.15) is 0 Å². The molecule has 68 heavy (non-hydrogen) atoms. The van der Waals surface area contributed by atoms with E-state index in [0.717, 1.165) is 71.6 Å². The molecule has 3 heteroatoms. The second-order valence-electron chi connectivity index (χ2n) is 17.5. The number of benzene rings is 12. The van der Waals surface area contributed by atoms with E-state index in [-0.39, 0.29) is 0 Å². The summed E-state index contributed by atoms with van der Waals surface area (Å²) in [5, 5.41) is 11.7. The van der Waals surface area contributed by atoms with Crippen LogP contribution in [0.4, 0.5) is 0 Å². The molecule has 0 saturated carbocycles. The van der Waals surface area contributed by atoms with Gasteiger partial charge in [0, 0.05) is 16.7 Å². The van der Waals surface area contributed by atoms with Crippen LogP contribution in [-0.4, -0.2) is 15.0 Å². The monoisotopic (exact) mass is 863 g/mol. The maximum atomic E-state index is 5.51. The van der Waals surface area contributed by atoms with Gasteiger partial charge in [0.2, 0.25) is 0 Å². The SMILES string of the molecule is c1ccc(-c2ccccc2-c2ccc3ccccc3c2-c2nc(-c3cccc(-c4ccc5cc(-c6cccc7ccccc67)ccc5c4)c3)nc(-c3cccc4c3ccc3ccccc34)n2)cc1. The van der Waals surface area contributed by atoms with Crippen LogP contribution in [0.25, 0.3) is 133 Å². The van der Waals surface area contributed by atoms with Crippen molar-refractivity contribution in [3.63, 3.8) is 0 Å². The molecular weight excluding hydrogens is 823 g/mol. The molecule has 0 amide bonds. The van der Waals surface area contributed by atoms with Crippen molar-refractivity contribution in [2.24, 2.45) is 0 Å². The maximum Gasteiger partial charge on any atom is 0.165 e. The fourth-order valence-electron chi connectivity index (χ4n) is 10.2. The molecule has 13 aromatic rings. The molecule has 0 unspecified atom stereocenters. The van der Waals surface area contributed by atoms with E-state index in [4.69, 9.17) is 15.0 Å². The van der Waals surface area contributed by atoms with E-state index >= 15 is 0 Å². The van der Waals surface area contributed by atoms with Crippen LogP contribution in [-0.2, 0) is 0 Å². The average Bonchev–Trinajstić information content (AvgIpc) is 3.42. The van der Waals surface area contributed by atoms with Crippen molar-refractivity contribution < 1.29 is 0 Å². The first-order valence-electron chi connectivity index (χ1n) is 23.2. The summed E-state index contributed by atoms with van der Waals surface area (Å²) in [5.74, 6) is 1.86. The van der Waals surface area contributed by atoms with E-state index in [1.54, 1.807) is 0 Å². The Bertz CT molecular complexity index is 4090. The van der Waals surface area contributed by atoms with Crippen molar-refractivity contribution in [3.05, 3.63) is 249 Å². The van der Waals surface area contributed by atoms with Crippen molar-refractivity contribution in [1.82, 2.24) is 15.0 Å². The fourth-order valence-corrected chi connectivity index (χ4v) is 10.2. The summed E-state index contributed by atoms with van der Waals surface area (Å²) in [6, 6.07) is 89.0. The highest BCUT2D eigenvalue weighted by Gasteiger charge is 2.21. The van der Waals surface area contributed by atoms with E-state index < -0.39 is 0 Å². The molecular formula is C65H41N3. The summed E-state index contributed by atoms with van der Waals surface area (Å²) < 4.78 is 0. The Labute approximate surface area is 394 Å². The fraction of sp³-hybridized carbons (Fsp3) is 0. The molecule has 0 saturated heterocycles. The molecule has 3 nitrogen and oxygen atoms in total.